The number of hydrogen-bond acceptors (Lipinski definition) is 8. The van der Waals surface area contributed by atoms with Gasteiger partial charge in [-0.15, -0.1) is 5.10 Å². The maximum Gasteiger partial charge on any atom is 0.253 e. The van der Waals surface area contributed by atoms with E-state index in [0.717, 1.165) is 35.1 Å². The van der Waals surface area contributed by atoms with Crippen molar-refractivity contribution in [2.45, 2.75) is 49.6 Å². The molecule has 0 spiro atoms. The average Bonchev–Trinajstić information content (AvgIpc) is 3.41. The van der Waals surface area contributed by atoms with Crippen molar-refractivity contribution in [2.75, 3.05) is 41.3 Å². The Morgan fingerprint density at radius 1 is 1.00 bits per heavy atom. The number of carbonyl (C=O) groups excluding carboxylic acids is 3. The van der Waals surface area contributed by atoms with Crippen LogP contribution in [0.4, 0.5) is 0 Å². The van der Waals surface area contributed by atoms with Crippen LogP contribution in [0.2, 0.25) is 0 Å². The van der Waals surface area contributed by atoms with Gasteiger partial charge in [0, 0.05) is 45.4 Å². The molecule has 2 N–H and O–H groups in total. The summed E-state index contributed by atoms with van der Waals surface area (Å²) in [6, 6.07) is 13.7. The normalized spacial score (nSPS) is 20.9. The van der Waals surface area contributed by atoms with Crippen LogP contribution in [0, 0.1) is 17.2 Å². The average molecular weight is 596 g/mol. The Morgan fingerprint density at radius 3 is 2.14 bits per heavy atom. The molecule has 2 aliphatic carbocycles. The van der Waals surface area contributed by atoms with E-state index in [0.29, 0.717) is 48.7 Å². The maximum atomic E-state index is 13.2. The van der Waals surface area contributed by atoms with Crippen LogP contribution in [-0.4, -0.2) is 106 Å². The van der Waals surface area contributed by atoms with E-state index in [9.17, 15) is 19.6 Å². The highest BCUT2D eigenvalue weighted by molar-refractivity contribution is 5.95. The van der Waals surface area contributed by atoms with Gasteiger partial charge in [0.15, 0.2) is 5.82 Å². The number of aromatic nitrogens is 4. The minimum atomic E-state index is -0.857. The first-order valence-corrected chi connectivity index (χ1v) is 15.0. The summed E-state index contributed by atoms with van der Waals surface area (Å²) < 4.78 is 0. The molecule has 6 rings (SSSR count). The molecule has 3 aliphatic rings. The minimum absolute atomic E-state index is 0.0581. The number of carbonyl (C=O) groups is 3. The zero-order valence-electron chi connectivity index (χ0n) is 25.5. The summed E-state index contributed by atoms with van der Waals surface area (Å²) in [6.07, 6.45) is 3.54. The molecule has 12 nitrogen and oxygen atoms in total. The van der Waals surface area contributed by atoms with Crippen molar-refractivity contribution in [1.82, 2.24) is 40.6 Å². The first kappa shape index (κ1) is 29.4. The number of tetrazole rings is 1. The van der Waals surface area contributed by atoms with E-state index >= 15 is 0 Å². The van der Waals surface area contributed by atoms with E-state index in [2.05, 4.69) is 32.0 Å². The third-order valence-electron chi connectivity index (χ3n) is 9.34. The Morgan fingerprint density at radius 2 is 1.61 bits per heavy atom. The van der Waals surface area contributed by atoms with Crippen molar-refractivity contribution in [3.8, 4) is 6.07 Å². The summed E-state index contributed by atoms with van der Waals surface area (Å²) in [5, 5.41) is 28.2. The molecule has 1 saturated carbocycles. The van der Waals surface area contributed by atoms with Crippen LogP contribution in [0.5, 0.6) is 0 Å². The molecule has 44 heavy (non-hydrogen) atoms. The zero-order valence-corrected chi connectivity index (χ0v) is 25.5. The molecule has 2 aromatic carbocycles. The zero-order chi connectivity index (χ0) is 31.2. The lowest BCUT2D eigenvalue weighted by molar-refractivity contribution is -0.131. The van der Waals surface area contributed by atoms with Gasteiger partial charge >= 0.3 is 0 Å². The van der Waals surface area contributed by atoms with Gasteiger partial charge in [-0.1, -0.05) is 12.1 Å². The number of hydrogen-bond donors (Lipinski definition) is 2. The number of amides is 3. The third-order valence-corrected chi connectivity index (χ3v) is 9.34. The van der Waals surface area contributed by atoms with Crippen LogP contribution < -0.4 is 5.32 Å². The Kier molecular flexibility index (Phi) is 7.67. The van der Waals surface area contributed by atoms with Gasteiger partial charge in [0.1, 0.15) is 6.04 Å². The number of piperidine rings is 1. The van der Waals surface area contributed by atoms with Crippen LogP contribution in [0.25, 0.3) is 0 Å². The highest BCUT2D eigenvalue weighted by Crippen LogP contribution is 2.48. The van der Waals surface area contributed by atoms with Gasteiger partial charge in [-0.05, 0) is 102 Å². The van der Waals surface area contributed by atoms with Crippen molar-refractivity contribution in [1.29, 1.82) is 5.26 Å². The molecule has 0 unspecified atom stereocenters. The van der Waals surface area contributed by atoms with Gasteiger partial charge in [0.2, 0.25) is 5.91 Å². The highest BCUT2D eigenvalue weighted by Gasteiger charge is 2.54. The van der Waals surface area contributed by atoms with Gasteiger partial charge in [-0.25, -0.2) is 5.10 Å². The number of aryl methyl sites for hydroxylation is 2. The third kappa shape index (κ3) is 5.01. The first-order chi connectivity index (χ1) is 21.1. The summed E-state index contributed by atoms with van der Waals surface area (Å²) in [5.41, 5.74) is 4.25. The summed E-state index contributed by atoms with van der Waals surface area (Å²) in [5.74, 6) is 0.765. The van der Waals surface area contributed by atoms with Gasteiger partial charge < -0.3 is 20.0 Å². The van der Waals surface area contributed by atoms with Crippen molar-refractivity contribution in [3.05, 3.63) is 75.6 Å². The maximum absolute atomic E-state index is 13.2. The number of H-pyrrole nitrogens is 1. The molecule has 3 aromatic rings. The predicted molar refractivity (Wildman–Crippen MR) is 161 cm³/mol. The molecule has 3 amide bonds. The van der Waals surface area contributed by atoms with Crippen molar-refractivity contribution in [2.24, 2.45) is 5.92 Å². The fourth-order valence-corrected chi connectivity index (χ4v) is 7.11. The molecule has 0 bridgehead atoms. The number of fused-ring (bicyclic) bond motifs is 3. The van der Waals surface area contributed by atoms with Crippen molar-refractivity contribution >= 4 is 17.7 Å². The SMILES string of the molecule is CN(C)C(=O)c1ccc2c(c1)CCc1cc(C(=O)N(C)C)ccc1C2(CCNCC(=O)N1[C@H](C#N)C[C@@H]2C[C@@H]21)c1nnn[nH]1. The number of nitrogens with one attached hydrogen (secondary N) is 2. The highest BCUT2D eigenvalue weighted by atomic mass is 16.2. The number of rotatable bonds is 8. The standard InChI is InChI=1S/C32H37N9O3/c1-39(2)29(43)21-7-9-25-19(13-21)5-6-20-14-22(30(44)40(3)4)8-10-26(20)32(25,31-35-37-38-36-31)11-12-34-18-28(42)41-24(17-33)15-23-16-27(23)41/h7-10,13-14,23-24,27,34H,5-6,11-12,15-16,18H2,1-4H3,(H,35,36,37,38)/t23-,24+,27+/m1/s1. The lowest BCUT2D eigenvalue weighted by Gasteiger charge is -2.35. The second kappa shape index (κ2) is 11.5. The first-order valence-electron chi connectivity index (χ1n) is 15.0. The molecule has 12 heteroatoms. The van der Waals surface area contributed by atoms with E-state index in [4.69, 9.17) is 0 Å². The van der Waals surface area contributed by atoms with E-state index in [1.165, 1.54) is 0 Å². The lowest BCUT2D eigenvalue weighted by Crippen LogP contribution is -2.44. The molecule has 1 aliphatic heterocycles. The van der Waals surface area contributed by atoms with E-state index in [-0.39, 0.29) is 36.3 Å². The Hall–Kier alpha value is -4.63. The number of nitriles is 1. The predicted octanol–water partition coefficient (Wildman–Crippen LogP) is 1.53. The number of aromatic amines is 1. The molecule has 0 radical (unpaired) electrons. The number of likely N-dealkylation sites (tertiary alicyclic amines) is 1. The topological polar surface area (TPSA) is 151 Å². The summed E-state index contributed by atoms with van der Waals surface area (Å²) in [4.78, 5) is 43.9. The summed E-state index contributed by atoms with van der Waals surface area (Å²) in [6.45, 7) is 0.569. The van der Waals surface area contributed by atoms with Crippen LogP contribution in [0.3, 0.4) is 0 Å². The van der Waals surface area contributed by atoms with Gasteiger partial charge in [-0.2, -0.15) is 5.26 Å². The molecule has 3 atom stereocenters. The summed E-state index contributed by atoms with van der Waals surface area (Å²) in [7, 11) is 6.92. The van der Waals surface area contributed by atoms with Crippen molar-refractivity contribution < 1.29 is 14.4 Å². The molecule has 2 heterocycles. The molecule has 1 saturated heterocycles. The van der Waals surface area contributed by atoms with Crippen LogP contribution >= 0.6 is 0 Å². The van der Waals surface area contributed by atoms with Gasteiger partial charge in [-0.3, -0.25) is 14.4 Å². The smallest absolute Gasteiger partial charge is 0.253 e. The van der Waals surface area contributed by atoms with E-state index in [1.54, 1.807) is 42.9 Å². The lowest BCUT2D eigenvalue weighted by atomic mass is 9.69. The fourth-order valence-electron chi connectivity index (χ4n) is 7.11. The number of nitrogens with zero attached hydrogens (tertiary/aromatic N) is 7. The Labute approximate surface area is 256 Å². The minimum Gasteiger partial charge on any atom is -0.345 e. The second-order valence-electron chi connectivity index (χ2n) is 12.5. The van der Waals surface area contributed by atoms with Crippen molar-refractivity contribution in [3.63, 3.8) is 0 Å². The van der Waals surface area contributed by atoms with Crippen LogP contribution in [0.15, 0.2) is 36.4 Å². The molecule has 228 valence electrons. The fraction of sp³-hybridized carbons (Fsp3) is 0.469. The largest absolute Gasteiger partial charge is 0.345 e. The Balaban J connectivity index is 1.39. The van der Waals surface area contributed by atoms with Gasteiger partial charge in [0.25, 0.3) is 11.8 Å². The van der Waals surface area contributed by atoms with E-state index < -0.39 is 5.41 Å². The quantitative estimate of drug-likeness (QED) is 0.372. The molecular formula is C32H37N9O3. The Bertz CT molecular complexity index is 1570. The van der Waals surface area contributed by atoms with Gasteiger partial charge in [0.05, 0.1) is 18.0 Å². The monoisotopic (exact) mass is 595 g/mol. The summed E-state index contributed by atoms with van der Waals surface area (Å²) >= 11 is 0. The molecule has 1 aromatic heterocycles. The second-order valence-corrected chi connectivity index (χ2v) is 12.5. The van der Waals surface area contributed by atoms with E-state index in [1.807, 2.05) is 36.4 Å². The van der Waals surface area contributed by atoms with Crippen LogP contribution in [0.1, 0.15) is 68.1 Å². The molecular weight excluding hydrogens is 558 g/mol. The number of benzene rings is 2. The molecule has 2 fully saturated rings. The van der Waals surface area contributed by atoms with Crippen LogP contribution in [-0.2, 0) is 23.1 Å².